The van der Waals surface area contributed by atoms with Gasteiger partial charge in [-0.2, -0.15) is 0 Å². The maximum absolute atomic E-state index is 13.4. The molecule has 1 aliphatic heterocycles. The number of hydrogen-bond acceptors (Lipinski definition) is 3. The molecule has 2 aromatic carbocycles. The summed E-state index contributed by atoms with van der Waals surface area (Å²) in [6.45, 7) is 15.7. The molecule has 0 aliphatic carbocycles. The van der Waals surface area contributed by atoms with E-state index in [4.69, 9.17) is 0 Å². The average molecular weight is 454 g/mol. The summed E-state index contributed by atoms with van der Waals surface area (Å²) in [7, 11) is 0. The fourth-order valence-electron chi connectivity index (χ4n) is 4.37. The van der Waals surface area contributed by atoms with Crippen molar-refractivity contribution in [3.63, 3.8) is 0 Å². The first kappa shape index (κ1) is 24.5. The molecule has 0 aromatic heterocycles. The summed E-state index contributed by atoms with van der Waals surface area (Å²) in [4.78, 5) is 16.7. The van der Waals surface area contributed by atoms with Crippen LogP contribution in [0.25, 0.3) is 0 Å². The Balaban J connectivity index is 1.57. The number of benzene rings is 2. The highest BCUT2D eigenvalue weighted by molar-refractivity contribution is 6.04. The van der Waals surface area contributed by atoms with E-state index in [-0.39, 0.29) is 5.91 Å². The second-order valence-electron chi connectivity index (χ2n) is 8.62. The molecule has 0 spiro atoms. The molecule has 1 atom stereocenters. The predicted octanol–water partition coefficient (Wildman–Crippen LogP) is 6.71. The Hall–Kier alpha value is -3.15. The molecule has 4 nitrogen and oxygen atoms in total. The van der Waals surface area contributed by atoms with Crippen molar-refractivity contribution in [2.24, 2.45) is 5.92 Å². The summed E-state index contributed by atoms with van der Waals surface area (Å²) in [5, 5.41) is 3.34. The Bertz CT molecular complexity index is 1050. The lowest BCUT2D eigenvalue weighted by molar-refractivity contribution is 0.0800. The number of aryl methyl sites for hydroxylation is 1. The number of allylic oxidation sites excluding steroid dienone is 1. The van der Waals surface area contributed by atoms with Gasteiger partial charge in [-0.05, 0) is 74.9 Å². The van der Waals surface area contributed by atoms with Gasteiger partial charge < -0.3 is 10.2 Å². The molecular weight excluding hydrogens is 420 g/mol. The SMILES string of the molecule is C=C(CC(C)CCCc1ccc(F)c(F)c1)Nc1ccc2c(c1)C(=O)N(CC)C(=C)N2CC. The van der Waals surface area contributed by atoms with Crippen molar-refractivity contribution in [2.45, 2.75) is 46.5 Å². The van der Waals surface area contributed by atoms with Gasteiger partial charge in [0.2, 0.25) is 0 Å². The number of hydrogen-bond donors (Lipinski definition) is 1. The van der Waals surface area contributed by atoms with Gasteiger partial charge in [-0.3, -0.25) is 9.69 Å². The van der Waals surface area contributed by atoms with Gasteiger partial charge in [0.05, 0.1) is 11.3 Å². The maximum atomic E-state index is 13.4. The van der Waals surface area contributed by atoms with Gasteiger partial charge in [0, 0.05) is 24.5 Å². The molecule has 2 aromatic rings. The van der Waals surface area contributed by atoms with Crippen molar-refractivity contribution in [3.05, 3.63) is 83.8 Å². The predicted molar refractivity (Wildman–Crippen MR) is 131 cm³/mol. The molecule has 0 saturated carbocycles. The standard InChI is InChI=1S/C27H33F2N3O/c1-6-31-20(5)32(7-2)27(33)23-17-22(12-14-26(23)31)30-19(4)15-18(3)9-8-10-21-11-13-24(28)25(29)16-21/h11-14,16-18,30H,4-10,15H2,1-3H3. The van der Waals surface area contributed by atoms with Crippen LogP contribution in [0.5, 0.6) is 0 Å². The third kappa shape index (κ3) is 5.62. The van der Waals surface area contributed by atoms with Gasteiger partial charge in [-0.15, -0.1) is 0 Å². The van der Waals surface area contributed by atoms with E-state index in [0.29, 0.717) is 30.3 Å². The van der Waals surface area contributed by atoms with Crippen LogP contribution < -0.4 is 10.2 Å². The zero-order chi connectivity index (χ0) is 24.1. The second kappa shape index (κ2) is 10.6. The summed E-state index contributed by atoms with van der Waals surface area (Å²) >= 11 is 0. The van der Waals surface area contributed by atoms with E-state index in [1.165, 1.54) is 12.1 Å². The van der Waals surface area contributed by atoms with Crippen LogP contribution in [0.3, 0.4) is 0 Å². The number of carbonyl (C=O) groups excluding carboxylic acids is 1. The van der Waals surface area contributed by atoms with Gasteiger partial charge in [-0.1, -0.05) is 32.6 Å². The molecule has 0 fully saturated rings. The molecule has 33 heavy (non-hydrogen) atoms. The first-order valence-electron chi connectivity index (χ1n) is 11.6. The summed E-state index contributed by atoms with van der Waals surface area (Å²) in [6.07, 6.45) is 3.32. The van der Waals surface area contributed by atoms with Crippen molar-refractivity contribution in [1.82, 2.24) is 4.90 Å². The molecule has 1 aliphatic rings. The molecular formula is C27H33F2N3O. The Kier molecular flexibility index (Phi) is 7.90. The lowest BCUT2D eigenvalue weighted by Crippen LogP contribution is -2.43. The lowest BCUT2D eigenvalue weighted by atomic mass is 9.97. The largest absolute Gasteiger partial charge is 0.359 e. The van der Waals surface area contributed by atoms with Gasteiger partial charge in [0.15, 0.2) is 11.6 Å². The van der Waals surface area contributed by atoms with Crippen LogP contribution in [0.15, 0.2) is 61.1 Å². The summed E-state index contributed by atoms with van der Waals surface area (Å²) in [5.74, 6) is -0.561. The molecule has 3 rings (SSSR count). The normalized spacial score (nSPS) is 14.3. The van der Waals surface area contributed by atoms with E-state index in [1.807, 2.05) is 36.9 Å². The van der Waals surface area contributed by atoms with Crippen LogP contribution in [-0.2, 0) is 6.42 Å². The number of amides is 1. The fraction of sp³-hybridized carbons (Fsp3) is 0.370. The quantitative estimate of drug-likeness (QED) is 0.434. The molecule has 1 unspecified atom stereocenters. The van der Waals surface area contributed by atoms with Crippen LogP contribution in [0, 0.1) is 17.6 Å². The number of carbonyl (C=O) groups is 1. The van der Waals surface area contributed by atoms with E-state index < -0.39 is 11.6 Å². The minimum Gasteiger partial charge on any atom is -0.359 e. The summed E-state index contributed by atoms with van der Waals surface area (Å²) < 4.78 is 26.4. The topological polar surface area (TPSA) is 35.6 Å². The number of rotatable bonds is 10. The van der Waals surface area contributed by atoms with Gasteiger partial charge in [0.25, 0.3) is 5.91 Å². The molecule has 1 heterocycles. The zero-order valence-corrected chi connectivity index (χ0v) is 19.8. The van der Waals surface area contributed by atoms with Crippen LogP contribution in [0.4, 0.5) is 20.2 Å². The van der Waals surface area contributed by atoms with Gasteiger partial charge in [-0.25, -0.2) is 8.78 Å². The van der Waals surface area contributed by atoms with E-state index in [9.17, 15) is 13.6 Å². The molecule has 0 saturated heterocycles. The number of halogens is 2. The Morgan fingerprint density at radius 3 is 2.45 bits per heavy atom. The van der Waals surface area contributed by atoms with Crippen molar-refractivity contribution in [1.29, 1.82) is 0 Å². The van der Waals surface area contributed by atoms with E-state index in [0.717, 1.165) is 48.4 Å². The first-order valence-corrected chi connectivity index (χ1v) is 11.6. The first-order chi connectivity index (χ1) is 15.7. The smallest absolute Gasteiger partial charge is 0.261 e. The van der Waals surface area contributed by atoms with E-state index in [2.05, 4.69) is 25.4 Å². The highest BCUT2D eigenvalue weighted by Gasteiger charge is 2.31. The Morgan fingerprint density at radius 1 is 1.06 bits per heavy atom. The lowest BCUT2D eigenvalue weighted by Gasteiger charge is -2.39. The summed E-state index contributed by atoms with van der Waals surface area (Å²) in [6, 6.07) is 9.88. The number of anilines is 2. The highest BCUT2D eigenvalue weighted by atomic mass is 19.2. The van der Waals surface area contributed by atoms with Crippen LogP contribution in [0.1, 0.15) is 56.0 Å². The van der Waals surface area contributed by atoms with Crippen LogP contribution in [-0.4, -0.2) is 23.9 Å². The van der Waals surface area contributed by atoms with E-state index >= 15 is 0 Å². The van der Waals surface area contributed by atoms with Crippen LogP contribution in [0.2, 0.25) is 0 Å². The minimum absolute atomic E-state index is 0.0398. The monoisotopic (exact) mass is 453 g/mol. The van der Waals surface area contributed by atoms with Crippen molar-refractivity contribution < 1.29 is 13.6 Å². The molecule has 1 amide bonds. The zero-order valence-electron chi connectivity index (χ0n) is 19.8. The molecule has 176 valence electrons. The number of nitrogens with zero attached hydrogens (tertiary/aromatic N) is 2. The summed E-state index contributed by atoms with van der Waals surface area (Å²) in [5.41, 5.74) is 4.05. The molecule has 0 radical (unpaired) electrons. The van der Waals surface area contributed by atoms with Crippen molar-refractivity contribution in [3.8, 4) is 0 Å². The number of nitrogens with one attached hydrogen (secondary N) is 1. The molecule has 6 heteroatoms. The average Bonchev–Trinajstić information content (AvgIpc) is 2.77. The van der Waals surface area contributed by atoms with Gasteiger partial charge in [0.1, 0.15) is 5.82 Å². The third-order valence-electron chi connectivity index (χ3n) is 6.08. The Morgan fingerprint density at radius 2 is 1.79 bits per heavy atom. The molecule has 0 bridgehead atoms. The minimum atomic E-state index is -0.812. The fourth-order valence-corrected chi connectivity index (χ4v) is 4.37. The highest BCUT2D eigenvalue weighted by Crippen LogP contribution is 2.34. The van der Waals surface area contributed by atoms with E-state index in [1.54, 1.807) is 11.0 Å². The van der Waals surface area contributed by atoms with Crippen LogP contribution >= 0.6 is 0 Å². The Labute approximate surface area is 195 Å². The van der Waals surface area contributed by atoms with Gasteiger partial charge >= 0.3 is 0 Å². The van der Waals surface area contributed by atoms with Crippen molar-refractivity contribution in [2.75, 3.05) is 23.3 Å². The molecule has 1 N–H and O–H groups in total. The third-order valence-corrected chi connectivity index (χ3v) is 6.08. The second-order valence-corrected chi connectivity index (χ2v) is 8.62. The number of fused-ring (bicyclic) bond motifs is 1. The maximum Gasteiger partial charge on any atom is 0.261 e. The van der Waals surface area contributed by atoms with Crippen molar-refractivity contribution >= 4 is 17.3 Å².